The molecule has 3 amide bonds. The maximum absolute atomic E-state index is 12.6. The van der Waals surface area contributed by atoms with Gasteiger partial charge in [-0.2, -0.15) is 5.10 Å². The Bertz CT molecular complexity index is 1320. The zero-order valence-corrected chi connectivity index (χ0v) is 22.6. The van der Waals surface area contributed by atoms with Crippen molar-refractivity contribution in [3.05, 3.63) is 90.0 Å². The summed E-state index contributed by atoms with van der Waals surface area (Å²) < 4.78 is 11.0. The first-order chi connectivity index (χ1) is 19.4. The van der Waals surface area contributed by atoms with E-state index in [1.165, 1.54) is 11.1 Å². The molecule has 1 aliphatic rings. The lowest BCUT2D eigenvalue weighted by molar-refractivity contribution is -0.146. The van der Waals surface area contributed by atoms with Gasteiger partial charge in [0.25, 0.3) is 5.91 Å². The molecule has 208 valence electrons. The van der Waals surface area contributed by atoms with E-state index in [1.807, 2.05) is 61.5 Å². The summed E-state index contributed by atoms with van der Waals surface area (Å²) >= 11 is 0. The van der Waals surface area contributed by atoms with Gasteiger partial charge in [-0.1, -0.05) is 42.5 Å². The van der Waals surface area contributed by atoms with Gasteiger partial charge in [0, 0.05) is 26.2 Å². The zero-order chi connectivity index (χ0) is 28.3. The standard InChI is InChI=1S/C30H33N5O5/c1-22(24-8-4-3-5-9-24)32-28(36)21-40-25-14-12-23(13-15-25)20-31-33-29(37)30(38)35-18-16-34(17-19-35)26-10-6-7-11-27(26)39-2/h3-15,20,22H,16-19,21H2,1-2H3,(H,32,36)(H,33,37)/b31-20-/t22-/m1/s1. The molecule has 0 spiro atoms. The summed E-state index contributed by atoms with van der Waals surface area (Å²) in [7, 11) is 1.63. The molecule has 2 N–H and O–H groups in total. The van der Waals surface area contributed by atoms with E-state index in [0.717, 1.165) is 17.0 Å². The second-order valence-corrected chi connectivity index (χ2v) is 9.21. The van der Waals surface area contributed by atoms with Gasteiger partial charge in [-0.3, -0.25) is 14.4 Å². The lowest BCUT2D eigenvalue weighted by Gasteiger charge is -2.36. The fraction of sp³-hybridized carbons (Fsp3) is 0.267. The zero-order valence-electron chi connectivity index (χ0n) is 22.6. The third-order valence-corrected chi connectivity index (χ3v) is 6.49. The molecule has 10 heteroatoms. The molecule has 0 bridgehead atoms. The number of para-hydroxylation sites is 2. The number of benzene rings is 3. The molecule has 0 unspecified atom stereocenters. The number of hydrogen-bond donors (Lipinski definition) is 2. The number of hydrogen-bond acceptors (Lipinski definition) is 7. The van der Waals surface area contributed by atoms with Crippen LogP contribution in [-0.4, -0.2) is 68.7 Å². The molecule has 1 heterocycles. The summed E-state index contributed by atoms with van der Waals surface area (Å²) in [6.07, 6.45) is 1.43. The van der Waals surface area contributed by atoms with E-state index >= 15 is 0 Å². The van der Waals surface area contributed by atoms with Crippen LogP contribution in [0.4, 0.5) is 5.69 Å². The predicted molar refractivity (Wildman–Crippen MR) is 152 cm³/mol. The van der Waals surface area contributed by atoms with Crippen molar-refractivity contribution >= 4 is 29.6 Å². The summed E-state index contributed by atoms with van der Waals surface area (Å²) in [5.74, 6) is -0.354. The van der Waals surface area contributed by atoms with Crippen LogP contribution in [0.25, 0.3) is 0 Å². The van der Waals surface area contributed by atoms with E-state index in [9.17, 15) is 14.4 Å². The van der Waals surface area contributed by atoms with Gasteiger partial charge in [-0.25, -0.2) is 5.43 Å². The van der Waals surface area contributed by atoms with Crippen LogP contribution in [0.1, 0.15) is 24.1 Å². The number of piperazine rings is 1. The highest BCUT2D eigenvalue weighted by Crippen LogP contribution is 2.28. The molecule has 4 rings (SSSR count). The minimum absolute atomic E-state index is 0.115. The number of carbonyl (C=O) groups excluding carboxylic acids is 3. The monoisotopic (exact) mass is 543 g/mol. The Hall–Kier alpha value is -4.86. The Labute approximate surface area is 233 Å². The average molecular weight is 544 g/mol. The highest BCUT2D eigenvalue weighted by atomic mass is 16.5. The van der Waals surface area contributed by atoms with Crippen LogP contribution in [0.5, 0.6) is 11.5 Å². The van der Waals surface area contributed by atoms with Gasteiger partial charge in [-0.05, 0) is 54.4 Å². The first-order valence-corrected chi connectivity index (χ1v) is 13.0. The fourth-order valence-corrected chi connectivity index (χ4v) is 4.31. The number of methoxy groups -OCH3 is 1. The van der Waals surface area contributed by atoms with Crippen LogP contribution >= 0.6 is 0 Å². The lowest BCUT2D eigenvalue weighted by atomic mass is 10.1. The molecule has 1 aliphatic heterocycles. The highest BCUT2D eigenvalue weighted by Gasteiger charge is 2.26. The van der Waals surface area contributed by atoms with Crippen molar-refractivity contribution in [1.29, 1.82) is 0 Å². The van der Waals surface area contributed by atoms with E-state index in [1.54, 1.807) is 31.4 Å². The third-order valence-electron chi connectivity index (χ3n) is 6.49. The minimum Gasteiger partial charge on any atom is -0.495 e. The largest absolute Gasteiger partial charge is 0.495 e. The Morgan fingerprint density at radius 1 is 0.925 bits per heavy atom. The molecule has 1 atom stereocenters. The second kappa shape index (κ2) is 13.8. The van der Waals surface area contributed by atoms with E-state index in [2.05, 4.69) is 20.7 Å². The van der Waals surface area contributed by atoms with Crippen molar-refractivity contribution in [1.82, 2.24) is 15.6 Å². The Morgan fingerprint density at radius 2 is 1.60 bits per heavy atom. The van der Waals surface area contributed by atoms with Gasteiger partial charge < -0.3 is 24.6 Å². The first-order valence-electron chi connectivity index (χ1n) is 13.0. The Kier molecular flexibility index (Phi) is 9.71. The normalized spacial score (nSPS) is 13.9. The number of ether oxygens (including phenoxy) is 2. The second-order valence-electron chi connectivity index (χ2n) is 9.21. The van der Waals surface area contributed by atoms with E-state index in [-0.39, 0.29) is 18.6 Å². The van der Waals surface area contributed by atoms with Gasteiger partial charge in [-0.15, -0.1) is 0 Å². The van der Waals surface area contributed by atoms with Crippen LogP contribution in [0.2, 0.25) is 0 Å². The maximum atomic E-state index is 12.6. The molecule has 0 saturated carbocycles. The summed E-state index contributed by atoms with van der Waals surface area (Å²) in [4.78, 5) is 40.8. The number of nitrogens with zero attached hydrogens (tertiary/aromatic N) is 3. The Morgan fingerprint density at radius 3 is 2.30 bits per heavy atom. The van der Waals surface area contributed by atoms with E-state index in [4.69, 9.17) is 9.47 Å². The van der Waals surface area contributed by atoms with Crippen molar-refractivity contribution < 1.29 is 23.9 Å². The summed E-state index contributed by atoms with van der Waals surface area (Å²) in [6.45, 7) is 3.81. The quantitative estimate of drug-likeness (QED) is 0.244. The van der Waals surface area contributed by atoms with Crippen LogP contribution in [0.15, 0.2) is 84.0 Å². The van der Waals surface area contributed by atoms with Gasteiger partial charge in [0.2, 0.25) is 0 Å². The number of nitrogens with one attached hydrogen (secondary N) is 2. The molecule has 3 aromatic rings. The van der Waals surface area contributed by atoms with Crippen LogP contribution in [0.3, 0.4) is 0 Å². The molecule has 40 heavy (non-hydrogen) atoms. The Balaban J connectivity index is 1.18. The summed E-state index contributed by atoms with van der Waals surface area (Å²) in [5, 5.41) is 6.80. The predicted octanol–water partition coefficient (Wildman–Crippen LogP) is 2.75. The van der Waals surface area contributed by atoms with Crippen molar-refractivity contribution in [2.24, 2.45) is 5.10 Å². The molecule has 1 saturated heterocycles. The van der Waals surface area contributed by atoms with Crippen molar-refractivity contribution in [2.45, 2.75) is 13.0 Å². The number of rotatable bonds is 9. The number of carbonyl (C=O) groups is 3. The molecule has 1 fully saturated rings. The van der Waals surface area contributed by atoms with Crippen molar-refractivity contribution in [2.75, 3.05) is 44.8 Å². The van der Waals surface area contributed by atoms with Crippen molar-refractivity contribution in [3.63, 3.8) is 0 Å². The van der Waals surface area contributed by atoms with Gasteiger partial charge in [0.1, 0.15) is 11.5 Å². The summed E-state index contributed by atoms with van der Waals surface area (Å²) in [6, 6.07) is 24.1. The SMILES string of the molecule is COc1ccccc1N1CCN(C(=O)C(=O)N/N=C\c2ccc(OCC(=O)N[C@H](C)c3ccccc3)cc2)CC1. The van der Waals surface area contributed by atoms with Crippen LogP contribution in [-0.2, 0) is 14.4 Å². The van der Waals surface area contributed by atoms with Crippen LogP contribution in [0, 0.1) is 0 Å². The molecular weight excluding hydrogens is 510 g/mol. The van der Waals surface area contributed by atoms with E-state index in [0.29, 0.717) is 37.5 Å². The average Bonchev–Trinajstić information content (AvgIpc) is 3.00. The highest BCUT2D eigenvalue weighted by molar-refractivity contribution is 6.35. The van der Waals surface area contributed by atoms with Gasteiger partial charge in [0.05, 0.1) is 25.1 Å². The molecule has 3 aromatic carbocycles. The molecule has 10 nitrogen and oxygen atoms in total. The summed E-state index contributed by atoms with van der Waals surface area (Å²) in [5.41, 5.74) is 4.96. The van der Waals surface area contributed by atoms with E-state index < -0.39 is 11.8 Å². The molecular formula is C30H33N5O5. The van der Waals surface area contributed by atoms with Gasteiger partial charge in [0.15, 0.2) is 6.61 Å². The fourth-order valence-electron chi connectivity index (χ4n) is 4.31. The third kappa shape index (κ3) is 7.59. The number of hydrazone groups is 1. The van der Waals surface area contributed by atoms with Gasteiger partial charge >= 0.3 is 11.8 Å². The molecule has 0 radical (unpaired) electrons. The molecule has 0 aromatic heterocycles. The first kappa shape index (κ1) is 28.2. The van der Waals surface area contributed by atoms with Crippen molar-refractivity contribution in [3.8, 4) is 11.5 Å². The topological polar surface area (TPSA) is 113 Å². The number of amides is 3. The van der Waals surface area contributed by atoms with Crippen LogP contribution < -0.4 is 25.1 Å². The minimum atomic E-state index is -0.794. The molecule has 0 aliphatic carbocycles. The maximum Gasteiger partial charge on any atom is 0.329 e. The number of anilines is 1. The lowest BCUT2D eigenvalue weighted by Crippen LogP contribution is -2.52. The smallest absolute Gasteiger partial charge is 0.329 e.